The molecule has 25 heavy (non-hydrogen) atoms. The highest BCUT2D eigenvalue weighted by Crippen LogP contribution is 2.39. The molecular formula is C15H10ClF3N4O2. The molecule has 1 N–H and O–H groups in total. The van der Waals surface area contributed by atoms with Gasteiger partial charge < -0.3 is 14.6 Å². The molecule has 0 fully saturated rings. The van der Waals surface area contributed by atoms with Gasteiger partial charge in [0, 0.05) is 13.1 Å². The number of benzene rings is 1. The maximum Gasteiger partial charge on any atom is 0.283 e. The van der Waals surface area contributed by atoms with Crippen molar-refractivity contribution in [3.63, 3.8) is 0 Å². The van der Waals surface area contributed by atoms with Crippen LogP contribution in [0.2, 0.25) is 5.02 Å². The molecule has 3 rings (SSSR count). The summed E-state index contributed by atoms with van der Waals surface area (Å²) in [4.78, 5) is 7.79. The quantitative estimate of drug-likeness (QED) is 0.702. The first-order chi connectivity index (χ1) is 12.0. The van der Waals surface area contributed by atoms with Crippen LogP contribution in [0.25, 0.3) is 11.3 Å². The van der Waals surface area contributed by atoms with E-state index in [4.69, 9.17) is 20.9 Å². The first kappa shape index (κ1) is 17.0. The third-order valence-corrected chi connectivity index (χ3v) is 3.52. The normalized spacial score (nSPS) is 11.0. The molecule has 0 radical (unpaired) electrons. The number of nitrogens with zero attached hydrogens (tertiary/aromatic N) is 3. The molecule has 6 nitrogen and oxygen atoms in total. The van der Waals surface area contributed by atoms with Gasteiger partial charge in [0.05, 0.1) is 5.56 Å². The molecular weight excluding hydrogens is 361 g/mol. The third kappa shape index (κ3) is 3.36. The van der Waals surface area contributed by atoms with Crippen LogP contribution in [0.15, 0.2) is 35.1 Å². The summed E-state index contributed by atoms with van der Waals surface area (Å²) in [5.74, 6) is -0.707. The zero-order chi connectivity index (χ0) is 18.0. The first-order valence-corrected chi connectivity index (χ1v) is 7.28. The van der Waals surface area contributed by atoms with Crippen molar-refractivity contribution in [1.29, 1.82) is 0 Å². The lowest BCUT2D eigenvalue weighted by molar-refractivity contribution is 0.140. The summed E-state index contributed by atoms with van der Waals surface area (Å²) in [6, 6.07) is 4.87. The van der Waals surface area contributed by atoms with Gasteiger partial charge in [-0.3, -0.25) is 0 Å². The molecule has 0 spiro atoms. The van der Waals surface area contributed by atoms with Crippen LogP contribution in [-0.4, -0.2) is 22.2 Å². The fourth-order valence-electron chi connectivity index (χ4n) is 2.04. The molecule has 0 atom stereocenters. The van der Waals surface area contributed by atoms with Crippen LogP contribution in [0.3, 0.4) is 0 Å². The number of aromatic nitrogens is 3. The second-order valence-corrected chi connectivity index (χ2v) is 5.10. The van der Waals surface area contributed by atoms with Crippen LogP contribution in [-0.2, 0) is 0 Å². The second kappa shape index (κ2) is 6.98. The lowest BCUT2D eigenvalue weighted by Gasteiger charge is -2.11. The molecule has 0 amide bonds. The predicted molar refractivity (Wildman–Crippen MR) is 83.5 cm³/mol. The number of ether oxygens (including phenoxy) is 1. The molecule has 0 aliphatic heterocycles. The van der Waals surface area contributed by atoms with Crippen molar-refractivity contribution in [3.05, 3.63) is 47.1 Å². The van der Waals surface area contributed by atoms with Crippen LogP contribution in [0, 0.1) is 5.82 Å². The van der Waals surface area contributed by atoms with Crippen LogP contribution in [0.4, 0.5) is 19.0 Å². The summed E-state index contributed by atoms with van der Waals surface area (Å²) >= 11 is 6.10. The fraction of sp³-hybridized carbons (Fsp3) is 0.133. The zero-order valence-electron chi connectivity index (χ0n) is 12.6. The van der Waals surface area contributed by atoms with E-state index in [2.05, 4.69) is 20.4 Å². The van der Waals surface area contributed by atoms with Crippen molar-refractivity contribution in [1.82, 2.24) is 15.1 Å². The Balaban J connectivity index is 2.04. The highest BCUT2D eigenvalue weighted by Gasteiger charge is 2.22. The Labute approximate surface area is 144 Å². The summed E-state index contributed by atoms with van der Waals surface area (Å²) in [6.07, 6.45) is -1.64. The monoisotopic (exact) mass is 370 g/mol. The van der Waals surface area contributed by atoms with E-state index in [1.54, 1.807) is 7.05 Å². The van der Waals surface area contributed by atoms with Crippen molar-refractivity contribution in [3.8, 4) is 23.0 Å². The summed E-state index contributed by atoms with van der Waals surface area (Å²) in [5.41, 5.74) is -0.788. The molecule has 10 heteroatoms. The zero-order valence-corrected chi connectivity index (χ0v) is 13.4. The van der Waals surface area contributed by atoms with E-state index in [0.717, 1.165) is 12.1 Å². The number of rotatable bonds is 5. The van der Waals surface area contributed by atoms with Gasteiger partial charge in [-0.05, 0) is 12.1 Å². The Kier molecular flexibility index (Phi) is 4.75. The van der Waals surface area contributed by atoms with E-state index in [1.165, 1.54) is 18.5 Å². The van der Waals surface area contributed by atoms with Gasteiger partial charge in [0.15, 0.2) is 11.6 Å². The fourth-order valence-corrected chi connectivity index (χ4v) is 2.27. The SMILES string of the molecule is CNc1ncnc(Oc2cccc(F)c2-c2cc(C(F)F)no2)c1Cl. The minimum Gasteiger partial charge on any atom is -0.436 e. The summed E-state index contributed by atoms with van der Waals surface area (Å²) < 4.78 is 50.0. The Morgan fingerprint density at radius 1 is 1.28 bits per heavy atom. The van der Waals surface area contributed by atoms with E-state index >= 15 is 0 Å². The molecule has 1 aromatic carbocycles. The lowest BCUT2D eigenvalue weighted by atomic mass is 10.1. The minimum absolute atomic E-state index is 0.0281. The van der Waals surface area contributed by atoms with Gasteiger partial charge in [-0.15, -0.1) is 0 Å². The smallest absolute Gasteiger partial charge is 0.283 e. The summed E-state index contributed by atoms with van der Waals surface area (Å²) in [7, 11) is 1.60. The van der Waals surface area contributed by atoms with E-state index in [0.29, 0.717) is 5.82 Å². The minimum atomic E-state index is -2.84. The average molecular weight is 371 g/mol. The van der Waals surface area contributed by atoms with E-state index < -0.39 is 17.9 Å². The Morgan fingerprint density at radius 2 is 2.08 bits per heavy atom. The lowest BCUT2D eigenvalue weighted by Crippen LogP contribution is -1.98. The van der Waals surface area contributed by atoms with Crippen LogP contribution >= 0.6 is 11.6 Å². The standard InChI is InChI=1S/C15H10ClF3N4O2/c1-20-14-12(16)15(22-6-21-14)24-9-4-2-3-7(17)11(9)10-5-8(13(18)19)23-25-10/h2-6,13H,1H3,(H,20,21,22). The first-order valence-electron chi connectivity index (χ1n) is 6.91. The second-order valence-electron chi connectivity index (χ2n) is 4.72. The predicted octanol–water partition coefficient (Wildman–Crippen LogP) is 4.70. The Morgan fingerprint density at radius 3 is 2.76 bits per heavy atom. The number of hydrogen-bond donors (Lipinski definition) is 1. The summed E-state index contributed by atoms with van der Waals surface area (Å²) in [6.45, 7) is 0. The van der Waals surface area contributed by atoms with E-state index in [1.807, 2.05) is 0 Å². The Hall–Kier alpha value is -2.81. The van der Waals surface area contributed by atoms with E-state index in [9.17, 15) is 13.2 Å². The number of alkyl halides is 2. The molecule has 0 aliphatic rings. The molecule has 0 saturated carbocycles. The molecule has 0 aliphatic carbocycles. The average Bonchev–Trinajstić information content (AvgIpc) is 3.07. The number of halogens is 4. The van der Waals surface area contributed by atoms with Gasteiger partial charge in [-0.2, -0.15) is 4.98 Å². The van der Waals surface area contributed by atoms with Gasteiger partial charge in [-0.1, -0.05) is 22.8 Å². The maximum absolute atomic E-state index is 14.3. The van der Waals surface area contributed by atoms with Crippen LogP contribution in [0.5, 0.6) is 11.6 Å². The molecule has 0 bridgehead atoms. The maximum atomic E-state index is 14.3. The van der Waals surface area contributed by atoms with Gasteiger partial charge in [0.1, 0.15) is 28.6 Å². The Bertz CT molecular complexity index is 904. The van der Waals surface area contributed by atoms with Crippen molar-refractivity contribution in [2.75, 3.05) is 12.4 Å². The van der Waals surface area contributed by atoms with Gasteiger partial charge in [0.25, 0.3) is 6.43 Å². The molecule has 130 valence electrons. The number of anilines is 1. The topological polar surface area (TPSA) is 73.1 Å². The number of nitrogens with one attached hydrogen (secondary N) is 1. The van der Waals surface area contributed by atoms with Crippen molar-refractivity contribution >= 4 is 17.4 Å². The van der Waals surface area contributed by atoms with Crippen molar-refractivity contribution in [2.24, 2.45) is 0 Å². The van der Waals surface area contributed by atoms with Crippen LogP contribution < -0.4 is 10.1 Å². The van der Waals surface area contributed by atoms with Gasteiger partial charge in [0.2, 0.25) is 5.88 Å². The third-order valence-electron chi connectivity index (χ3n) is 3.17. The van der Waals surface area contributed by atoms with Gasteiger partial charge >= 0.3 is 0 Å². The highest BCUT2D eigenvalue weighted by molar-refractivity contribution is 6.34. The van der Waals surface area contributed by atoms with Crippen molar-refractivity contribution in [2.45, 2.75) is 6.43 Å². The molecule has 2 aromatic heterocycles. The molecule has 3 aromatic rings. The van der Waals surface area contributed by atoms with Gasteiger partial charge in [-0.25, -0.2) is 18.2 Å². The van der Waals surface area contributed by atoms with Crippen LogP contribution in [0.1, 0.15) is 12.1 Å². The summed E-state index contributed by atoms with van der Waals surface area (Å²) in [5, 5.41) is 6.04. The molecule has 0 saturated heterocycles. The van der Waals surface area contributed by atoms with E-state index in [-0.39, 0.29) is 28.0 Å². The van der Waals surface area contributed by atoms with Crippen molar-refractivity contribution < 1.29 is 22.4 Å². The highest BCUT2D eigenvalue weighted by atomic mass is 35.5. The molecule has 0 unspecified atom stereocenters. The largest absolute Gasteiger partial charge is 0.436 e. The molecule has 2 heterocycles. The number of hydrogen-bond acceptors (Lipinski definition) is 6.